The molecular weight excluding hydrogens is 456 g/mol. The average Bonchev–Trinajstić information content (AvgIpc) is 3.21. The smallest absolute Gasteiger partial charge is 0.332 e. The van der Waals surface area contributed by atoms with Crippen molar-refractivity contribution in [3.8, 4) is 12.1 Å². The van der Waals surface area contributed by atoms with Gasteiger partial charge in [-0.15, -0.1) is 0 Å². The van der Waals surface area contributed by atoms with E-state index in [1.165, 1.54) is 0 Å². The van der Waals surface area contributed by atoms with Crippen LogP contribution in [0.4, 0.5) is 18.9 Å². The number of amides is 1. The largest absolute Gasteiger partial charge is 0.416 e. The standard InChI is InChI=1S/C19H13Cl2F3N6O/c1-18(2,3)15-13(16-27-11(6-25)12(7-26)28-16)17(31)30(29-15)14-9(20)4-8(5-10(14)21)19(22,23)24/h4-5,13H,1-3H3,(H,27,28). The third-order valence-corrected chi connectivity index (χ3v) is 5.05. The first-order valence-electron chi connectivity index (χ1n) is 8.69. The second kappa shape index (κ2) is 7.56. The summed E-state index contributed by atoms with van der Waals surface area (Å²) in [4.78, 5) is 20.0. The molecule has 2 aromatic rings. The van der Waals surface area contributed by atoms with E-state index in [1.807, 2.05) is 0 Å². The van der Waals surface area contributed by atoms with Crippen LogP contribution in [-0.2, 0) is 11.0 Å². The van der Waals surface area contributed by atoms with Crippen molar-refractivity contribution in [2.75, 3.05) is 5.01 Å². The molecule has 0 aliphatic carbocycles. The van der Waals surface area contributed by atoms with Crippen molar-refractivity contribution < 1.29 is 18.0 Å². The fourth-order valence-electron chi connectivity index (χ4n) is 3.07. The Bertz CT molecular complexity index is 1140. The van der Waals surface area contributed by atoms with Crippen LogP contribution in [0.2, 0.25) is 10.0 Å². The number of aromatic amines is 1. The summed E-state index contributed by atoms with van der Waals surface area (Å²) in [6.45, 7) is 5.31. The summed E-state index contributed by atoms with van der Waals surface area (Å²) in [6.07, 6.45) is -4.68. The number of rotatable bonds is 2. The summed E-state index contributed by atoms with van der Waals surface area (Å²) in [5, 5.41) is 22.6. The lowest BCUT2D eigenvalue weighted by Gasteiger charge is -2.21. The molecular formula is C19H13Cl2F3N6O. The molecule has 1 amide bonds. The van der Waals surface area contributed by atoms with Crippen LogP contribution in [-0.4, -0.2) is 21.6 Å². The number of carbonyl (C=O) groups excluding carboxylic acids is 1. The molecule has 7 nitrogen and oxygen atoms in total. The molecule has 0 spiro atoms. The Morgan fingerprint density at radius 3 is 2.13 bits per heavy atom. The molecule has 2 heterocycles. The van der Waals surface area contributed by atoms with Crippen LogP contribution < -0.4 is 5.01 Å². The quantitative estimate of drug-likeness (QED) is 0.667. The number of nitriles is 2. The highest BCUT2D eigenvalue weighted by Gasteiger charge is 2.46. The highest BCUT2D eigenvalue weighted by molar-refractivity contribution is 6.40. The van der Waals surface area contributed by atoms with Crippen molar-refractivity contribution in [3.63, 3.8) is 0 Å². The Morgan fingerprint density at radius 1 is 1.13 bits per heavy atom. The van der Waals surface area contributed by atoms with Gasteiger partial charge in [-0.3, -0.25) is 4.79 Å². The van der Waals surface area contributed by atoms with E-state index in [2.05, 4.69) is 15.1 Å². The topological polar surface area (TPSA) is 109 Å². The van der Waals surface area contributed by atoms with E-state index in [0.29, 0.717) is 17.8 Å². The van der Waals surface area contributed by atoms with Gasteiger partial charge < -0.3 is 4.98 Å². The second-order valence-electron chi connectivity index (χ2n) is 7.67. The third-order valence-electron chi connectivity index (χ3n) is 4.47. The van der Waals surface area contributed by atoms with Gasteiger partial charge in [0.05, 0.1) is 21.3 Å². The summed E-state index contributed by atoms with van der Waals surface area (Å²) >= 11 is 12.1. The van der Waals surface area contributed by atoms with Gasteiger partial charge in [-0.05, 0) is 12.1 Å². The van der Waals surface area contributed by atoms with Gasteiger partial charge in [0.2, 0.25) is 0 Å². The maximum absolute atomic E-state index is 13.3. The van der Waals surface area contributed by atoms with Crippen LogP contribution in [0.25, 0.3) is 0 Å². The fourth-order valence-corrected chi connectivity index (χ4v) is 3.71. The molecule has 0 fully saturated rings. The van der Waals surface area contributed by atoms with Crippen LogP contribution in [0.1, 0.15) is 49.5 Å². The van der Waals surface area contributed by atoms with E-state index >= 15 is 0 Å². The predicted octanol–water partition coefficient (Wildman–Crippen LogP) is 5.01. The zero-order valence-corrected chi connectivity index (χ0v) is 17.8. The van der Waals surface area contributed by atoms with Gasteiger partial charge in [0, 0.05) is 5.41 Å². The van der Waals surface area contributed by atoms with Gasteiger partial charge in [0.1, 0.15) is 29.6 Å². The highest BCUT2D eigenvalue weighted by Crippen LogP contribution is 2.44. The number of halogens is 5. The minimum Gasteiger partial charge on any atom is -0.332 e. The Kier molecular flexibility index (Phi) is 5.51. The average molecular weight is 469 g/mol. The van der Waals surface area contributed by atoms with Crippen molar-refractivity contribution in [1.82, 2.24) is 9.97 Å². The summed E-state index contributed by atoms with van der Waals surface area (Å²) in [6, 6.07) is 4.86. The van der Waals surface area contributed by atoms with Crippen LogP contribution in [0.15, 0.2) is 17.2 Å². The van der Waals surface area contributed by atoms with E-state index in [0.717, 1.165) is 5.01 Å². The molecule has 160 valence electrons. The van der Waals surface area contributed by atoms with Gasteiger partial charge >= 0.3 is 6.18 Å². The zero-order chi connectivity index (χ0) is 23.3. The molecule has 0 saturated heterocycles. The predicted molar refractivity (Wildman–Crippen MR) is 107 cm³/mol. The number of nitrogens with zero attached hydrogens (tertiary/aromatic N) is 5. The second-order valence-corrected chi connectivity index (χ2v) is 8.49. The van der Waals surface area contributed by atoms with E-state index < -0.39 is 39.0 Å². The van der Waals surface area contributed by atoms with E-state index in [-0.39, 0.29) is 22.9 Å². The van der Waals surface area contributed by atoms with E-state index in [9.17, 15) is 18.0 Å². The lowest BCUT2D eigenvalue weighted by atomic mass is 9.82. The van der Waals surface area contributed by atoms with Crippen molar-refractivity contribution in [2.45, 2.75) is 32.9 Å². The molecule has 1 aromatic carbocycles. The maximum Gasteiger partial charge on any atom is 0.416 e. The number of H-pyrrole nitrogens is 1. The first-order valence-corrected chi connectivity index (χ1v) is 9.44. The van der Waals surface area contributed by atoms with Crippen molar-refractivity contribution in [3.05, 3.63) is 45.0 Å². The minimum absolute atomic E-state index is 0.00781. The van der Waals surface area contributed by atoms with E-state index in [1.54, 1.807) is 32.9 Å². The van der Waals surface area contributed by atoms with Gasteiger partial charge in [0.15, 0.2) is 11.4 Å². The zero-order valence-electron chi connectivity index (χ0n) is 16.3. The summed E-state index contributed by atoms with van der Waals surface area (Å²) in [5.74, 6) is -1.81. The number of carbonyl (C=O) groups is 1. The summed E-state index contributed by atoms with van der Waals surface area (Å²) in [7, 11) is 0. The van der Waals surface area contributed by atoms with Gasteiger partial charge in [-0.2, -0.15) is 33.8 Å². The molecule has 1 atom stereocenters. The number of benzene rings is 1. The first kappa shape index (κ1) is 22.6. The normalized spacial score (nSPS) is 16.8. The molecule has 1 aromatic heterocycles. The van der Waals surface area contributed by atoms with Crippen molar-refractivity contribution in [2.24, 2.45) is 10.5 Å². The minimum atomic E-state index is -4.68. The number of hydrogen-bond acceptors (Lipinski definition) is 5. The van der Waals surface area contributed by atoms with Crippen molar-refractivity contribution in [1.29, 1.82) is 10.5 Å². The molecule has 1 aliphatic heterocycles. The molecule has 31 heavy (non-hydrogen) atoms. The number of imidazole rings is 1. The number of anilines is 1. The number of hydrazone groups is 1. The number of nitrogens with one attached hydrogen (secondary N) is 1. The molecule has 1 aliphatic rings. The fraction of sp³-hybridized carbons (Fsp3) is 0.316. The van der Waals surface area contributed by atoms with Crippen LogP contribution in [0.3, 0.4) is 0 Å². The summed E-state index contributed by atoms with van der Waals surface area (Å²) < 4.78 is 39.2. The van der Waals surface area contributed by atoms with Gasteiger partial charge in [-0.25, -0.2) is 4.98 Å². The SMILES string of the molecule is CC(C)(C)C1=NN(c2c(Cl)cc(C(F)(F)F)cc2Cl)C(=O)C1c1nc(C#N)c(C#N)[nH]1. The van der Waals surface area contributed by atoms with Gasteiger partial charge in [0.25, 0.3) is 5.91 Å². The number of alkyl halides is 3. The highest BCUT2D eigenvalue weighted by atomic mass is 35.5. The Hall–Kier alpha value is -3.08. The molecule has 1 N–H and O–H groups in total. The lowest BCUT2D eigenvalue weighted by Crippen LogP contribution is -2.31. The Balaban J connectivity index is 2.17. The lowest BCUT2D eigenvalue weighted by molar-refractivity contribution is -0.137. The number of hydrogen-bond donors (Lipinski definition) is 1. The molecule has 3 rings (SSSR count). The van der Waals surface area contributed by atoms with Crippen LogP contribution in [0, 0.1) is 28.1 Å². The van der Waals surface area contributed by atoms with Crippen molar-refractivity contribution >= 4 is 40.5 Å². The van der Waals surface area contributed by atoms with E-state index in [4.69, 9.17) is 33.7 Å². The Morgan fingerprint density at radius 2 is 1.71 bits per heavy atom. The first-order chi connectivity index (χ1) is 14.3. The molecule has 1 unspecified atom stereocenters. The van der Waals surface area contributed by atoms with Crippen LogP contribution in [0.5, 0.6) is 0 Å². The Labute approximate surface area is 184 Å². The summed E-state index contributed by atoms with van der Waals surface area (Å²) in [5.41, 5.74) is -1.99. The maximum atomic E-state index is 13.3. The third kappa shape index (κ3) is 3.97. The molecule has 0 saturated carbocycles. The molecule has 0 radical (unpaired) electrons. The van der Waals surface area contributed by atoms with Crippen LogP contribution >= 0.6 is 23.2 Å². The monoisotopic (exact) mass is 468 g/mol. The molecule has 0 bridgehead atoms. The molecule has 12 heteroatoms. The number of aromatic nitrogens is 2. The van der Waals surface area contributed by atoms with Gasteiger partial charge in [-0.1, -0.05) is 44.0 Å².